The van der Waals surface area contributed by atoms with E-state index in [1.54, 1.807) is 10.6 Å². The standard InChI is InChI=1S/C5H5N3O2S2/c6-12(9,10)5-2-8-3-7-1-4(8)11-5/h1-3H,(H2,6,9,10). The average molecular weight is 203 g/mol. The van der Waals surface area contributed by atoms with E-state index in [1.165, 1.54) is 12.5 Å². The van der Waals surface area contributed by atoms with Gasteiger partial charge in [0.25, 0.3) is 0 Å². The normalized spacial score (nSPS) is 12.4. The number of thiazole rings is 1. The summed E-state index contributed by atoms with van der Waals surface area (Å²) in [6, 6.07) is 0. The summed E-state index contributed by atoms with van der Waals surface area (Å²) in [4.78, 5) is 4.59. The molecule has 0 saturated carbocycles. The Hall–Kier alpha value is -0.920. The van der Waals surface area contributed by atoms with Gasteiger partial charge in [0.1, 0.15) is 4.83 Å². The molecule has 2 rings (SSSR count). The van der Waals surface area contributed by atoms with Gasteiger partial charge in [-0.15, -0.1) is 11.3 Å². The third-order valence-corrected chi connectivity index (χ3v) is 3.81. The van der Waals surface area contributed by atoms with Crippen LogP contribution >= 0.6 is 11.3 Å². The van der Waals surface area contributed by atoms with Gasteiger partial charge in [-0.3, -0.25) is 4.40 Å². The summed E-state index contributed by atoms with van der Waals surface area (Å²) in [5.74, 6) is 0. The van der Waals surface area contributed by atoms with E-state index in [2.05, 4.69) is 4.98 Å². The lowest BCUT2D eigenvalue weighted by Crippen LogP contribution is -2.10. The fourth-order valence-corrected chi connectivity index (χ4v) is 2.52. The van der Waals surface area contributed by atoms with Gasteiger partial charge in [-0.2, -0.15) is 0 Å². The predicted octanol–water partition coefficient (Wildman–Crippen LogP) is 0.0432. The van der Waals surface area contributed by atoms with Crippen LogP contribution in [0.3, 0.4) is 0 Å². The second-order valence-electron chi connectivity index (χ2n) is 2.23. The van der Waals surface area contributed by atoms with E-state index < -0.39 is 10.0 Å². The molecule has 0 saturated heterocycles. The second-order valence-corrected chi connectivity index (χ2v) is 5.08. The Morgan fingerprint density at radius 2 is 2.33 bits per heavy atom. The molecule has 2 N–H and O–H groups in total. The summed E-state index contributed by atoms with van der Waals surface area (Å²) < 4.78 is 23.5. The highest BCUT2D eigenvalue weighted by molar-refractivity contribution is 7.91. The number of primary sulfonamides is 1. The summed E-state index contributed by atoms with van der Waals surface area (Å²) in [6.45, 7) is 0. The van der Waals surface area contributed by atoms with Crippen molar-refractivity contribution in [1.82, 2.24) is 9.38 Å². The molecular weight excluding hydrogens is 198 g/mol. The molecule has 64 valence electrons. The maximum absolute atomic E-state index is 10.9. The van der Waals surface area contributed by atoms with Crippen molar-refractivity contribution >= 4 is 26.2 Å². The number of imidazole rings is 1. The van der Waals surface area contributed by atoms with E-state index in [0.29, 0.717) is 0 Å². The Kier molecular flexibility index (Phi) is 1.47. The second kappa shape index (κ2) is 2.28. The van der Waals surface area contributed by atoms with Crippen molar-refractivity contribution in [3.05, 3.63) is 18.7 Å². The lowest BCUT2D eigenvalue weighted by Gasteiger charge is -1.86. The maximum Gasteiger partial charge on any atom is 0.249 e. The summed E-state index contributed by atoms with van der Waals surface area (Å²) in [5, 5.41) is 4.93. The fourth-order valence-electron chi connectivity index (χ4n) is 0.843. The van der Waals surface area contributed by atoms with E-state index >= 15 is 0 Å². The highest BCUT2D eigenvalue weighted by atomic mass is 32.2. The van der Waals surface area contributed by atoms with Crippen LogP contribution in [0.5, 0.6) is 0 Å². The highest BCUT2D eigenvalue weighted by Crippen LogP contribution is 2.20. The first-order chi connectivity index (χ1) is 5.57. The van der Waals surface area contributed by atoms with Gasteiger partial charge in [0, 0.05) is 6.20 Å². The van der Waals surface area contributed by atoms with Crippen LogP contribution in [-0.2, 0) is 10.0 Å². The number of nitrogens with two attached hydrogens (primary N) is 1. The van der Waals surface area contributed by atoms with E-state index in [9.17, 15) is 8.42 Å². The first-order valence-corrected chi connectivity index (χ1v) is 5.38. The molecule has 0 aromatic carbocycles. The summed E-state index contributed by atoms with van der Waals surface area (Å²) in [6.07, 6.45) is 4.56. The van der Waals surface area contributed by atoms with Crippen LogP contribution in [0.1, 0.15) is 0 Å². The number of nitrogens with zero attached hydrogens (tertiary/aromatic N) is 2. The van der Waals surface area contributed by atoms with E-state index in [1.807, 2.05) is 0 Å². The first-order valence-electron chi connectivity index (χ1n) is 3.02. The van der Waals surface area contributed by atoms with Crippen molar-refractivity contribution < 1.29 is 8.42 Å². The Labute approximate surface area is 72.5 Å². The topological polar surface area (TPSA) is 77.5 Å². The van der Waals surface area contributed by atoms with E-state index in [-0.39, 0.29) is 4.21 Å². The maximum atomic E-state index is 10.9. The summed E-state index contributed by atoms with van der Waals surface area (Å²) >= 11 is 1.10. The van der Waals surface area contributed by atoms with Crippen LogP contribution in [-0.4, -0.2) is 17.8 Å². The third kappa shape index (κ3) is 1.11. The molecule has 0 atom stereocenters. The summed E-state index contributed by atoms with van der Waals surface area (Å²) in [7, 11) is -3.56. The molecule has 2 heterocycles. The van der Waals surface area contributed by atoms with Crippen LogP contribution in [0.15, 0.2) is 22.9 Å². The molecule has 0 spiro atoms. The smallest absolute Gasteiger partial charge is 0.249 e. The van der Waals surface area contributed by atoms with Crippen molar-refractivity contribution in [2.75, 3.05) is 0 Å². The molecule has 0 radical (unpaired) electrons. The third-order valence-electron chi connectivity index (χ3n) is 1.36. The molecule has 0 amide bonds. The lowest BCUT2D eigenvalue weighted by atomic mass is 10.9. The summed E-state index contributed by atoms with van der Waals surface area (Å²) in [5.41, 5.74) is 0. The van der Waals surface area contributed by atoms with Gasteiger partial charge >= 0.3 is 0 Å². The highest BCUT2D eigenvalue weighted by Gasteiger charge is 2.11. The van der Waals surface area contributed by atoms with Gasteiger partial charge in [0.2, 0.25) is 10.0 Å². The van der Waals surface area contributed by atoms with Crippen LogP contribution < -0.4 is 5.14 Å². The number of sulfonamides is 1. The minimum atomic E-state index is -3.56. The Morgan fingerprint density at radius 1 is 1.58 bits per heavy atom. The van der Waals surface area contributed by atoms with Gasteiger partial charge in [-0.05, 0) is 0 Å². The van der Waals surface area contributed by atoms with Crippen LogP contribution in [0.25, 0.3) is 4.83 Å². The van der Waals surface area contributed by atoms with Crippen LogP contribution in [0, 0.1) is 0 Å². The zero-order valence-corrected chi connectivity index (χ0v) is 7.47. The molecule has 5 nitrogen and oxygen atoms in total. The lowest BCUT2D eigenvalue weighted by molar-refractivity contribution is 0.599. The van der Waals surface area contributed by atoms with Crippen molar-refractivity contribution in [2.24, 2.45) is 5.14 Å². The van der Waals surface area contributed by atoms with Gasteiger partial charge < -0.3 is 0 Å². The van der Waals surface area contributed by atoms with Crippen molar-refractivity contribution in [1.29, 1.82) is 0 Å². The predicted molar refractivity (Wildman–Crippen MR) is 44.4 cm³/mol. The van der Waals surface area contributed by atoms with Gasteiger partial charge in [0.05, 0.1) is 12.5 Å². The number of fused-ring (bicyclic) bond motifs is 1. The van der Waals surface area contributed by atoms with Crippen LogP contribution in [0.4, 0.5) is 0 Å². The molecule has 0 bridgehead atoms. The number of aromatic nitrogens is 2. The molecular formula is C5H5N3O2S2. The van der Waals surface area contributed by atoms with E-state index in [0.717, 1.165) is 16.2 Å². The molecule has 7 heteroatoms. The first kappa shape index (κ1) is 7.71. The molecule has 0 fully saturated rings. The largest absolute Gasteiger partial charge is 0.296 e. The monoisotopic (exact) mass is 203 g/mol. The molecule has 12 heavy (non-hydrogen) atoms. The zero-order chi connectivity index (χ0) is 8.77. The Bertz CT molecular complexity index is 481. The SMILES string of the molecule is NS(=O)(=O)c1cn2cncc2s1. The van der Waals surface area contributed by atoms with Crippen molar-refractivity contribution in [3.8, 4) is 0 Å². The fraction of sp³-hybridized carbons (Fsp3) is 0. The Balaban J connectivity index is 2.75. The molecule has 0 aliphatic carbocycles. The Morgan fingerprint density at radius 3 is 2.92 bits per heavy atom. The molecule has 0 aliphatic rings. The van der Waals surface area contributed by atoms with Crippen molar-refractivity contribution in [2.45, 2.75) is 4.21 Å². The number of hydrogen-bond donors (Lipinski definition) is 1. The van der Waals surface area contributed by atoms with E-state index in [4.69, 9.17) is 5.14 Å². The van der Waals surface area contributed by atoms with Gasteiger partial charge in [0.15, 0.2) is 4.21 Å². The molecule has 2 aromatic rings. The zero-order valence-electron chi connectivity index (χ0n) is 5.84. The van der Waals surface area contributed by atoms with Crippen molar-refractivity contribution in [3.63, 3.8) is 0 Å². The number of hydrogen-bond acceptors (Lipinski definition) is 4. The molecule has 0 aliphatic heterocycles. The molecule has 2 aromatic heterocycles. The quantitative estimate of drug-likeness (QED) is 0.711. The minimum Gasteiger partial charge on any atom is -0.296 e. The average Bonchev–Trinajstić information content (AvgIpc) is 2.37. The van der Waals surface area contributed by atoms with Gasteiger partial charge in [-0.25, -0.2) is 18.5 Å². The molecule has 0 unspecified atom stereocenters. The van der Waals surface area contributed by atoms with Crippen LogP contribution in [0.2, 0.25) is 0 Å². The van der Waals surface area contributed by atoms with Gasteiger partial charge in [-0.1, -0.05) is 0 Å². The minimum absolute atomic E-state index is 0.153. The number of rotatable bonds is 1.